The average molecular weight is 261 g/mol. The summed E-state index contributed by atoms with van der Waals surface area (Å²) in [7, 11) is 0. The Labute approximate surface area is 117 Å². The van der Waals surface area contributed by atoms with E-state index in [9.17, 15) is 0 Å². The monoisotopic (exact) mass is 261 g/mol. The minimum atomic E-state index is 0.289. The van der Waals surface area contributed by atoms with Crippen LogP contribution in [-0.2, 0) is 6.54 Å². The third kappa shape index (κ3) is 3.54. The molecule has 1 fully saturated rings. The molecule has 0 aliphatic carbocycles. The van der Waals surface area contributed by atoms with E-state index in [0.717, 1.165) is 19.6 Å². The van der Waals surface area contributed by atoms with Gasteiger partial charge in [0.1, 0.15) is 0 Å². The lowest BCUT2D eigenvalue weighted by molar-refractivity contribution is 0.152. The van der Waals surface area contributed by atoms with Crippen LogP contribution < -0.4 is 5.32 Å². The molecule has 1 unspecified atom stereocenters. The Morgan fingerprint density at radius 1 is 1.32 bits per heavy atom. The number of hydrogen-bond acceptors (Lipinski definition) is 3. The largest absolute Gasteiger partial charge is 0.310 e. The molecule has 0 radical (unpaired) electrons. The number of nitrogens with zero attached hydrogens (tertiary/aromatic N) is 2. The maximum absolute atomic E-state index is 4.11. The SMILES string of the molecule is CCC1(CC)CN(Cc2ccncc2)C(C)CCN1. The Bertz CT molecular complexity index is 373. The smallest absolute Gasteiger partial charge is 0.0303 e. The van der Waals surface area contributed by atoms with Crippen molar-refractivity contribution in [3.8, 4) is 0 Å². The van der Waals surface area contributed by atoms with E-state index in [-0.39, 0.29) is 5.54 Å². The van der Waals surface area contributed by atoms with Gasteiger partial charge in [-0.2, -0.15) is 0 Å². The zero-order chi connectivity index (χ0) is 13.7. The minimum absolute atomic E-state index is 0.289. The summed E-state index contributed by atoms with van der Waals surface area (Å²) in [5.41, 5.74) is 1.66. The van der Waals surface area contributed by atoms with Crippen LogP contribution in [-0.4, -0.2) is 34.6 Å². The Balaban J connectivity index is 2.12. The molecule has 3 heteroatoms. The lowest BCUT2D eigenvalue weighted by atomic mass is 9.92. The van der Waals surface area contributed by atoms with Crippen LogP contribution in [0.4, 0.5) is 0 Å². The summed E-state index contributed by atoms with van der Waals surface area (Å²) in [6.07, 6.45) is 7.41. The Morgan fingerprint density at radius 3 is 2.63 bits per heavy atom. The first kappa shape index (κ1) is 14.5. The molecular formula is C16H27N3. The maximum atomic E-state index is 4.11. The molecule has 106 valence electrons. The lowest BCUT2D eigenvalue weighted by Crippen LogP contribution is -2.51. The number of pyridine rings is 1. The van der Waals surface area contributed by atoms with Crippen molar-refractivity contribution in [2.45, 2.75) is 58.2 Å². The van der Waals surface area contributed by atoms with Crippen molar-refractivity contribution >= 4 is 0 Å². The minimum Gasteiger partial charge on any atom is -0.310 e. The van der Waals surface area contributed by atoms with Gasteiger partial charge in [0.05, 0.1) is 0 Å². The van der Waals surface area contributed by atoms with E-state index in [1.807, 2.05) is 12.4 Å². The number of hydrogen-bond donors (Lipinski definition) is 1. The van der Waals surface area contributed by atoms with Crippen LogP contribution in [0.2, 0.25) is 0 Å². The van der Waals surface area contributed by atoms with E-state index >= 15 is 0 Å². The van der Waals surface area contributed by atoms with Crippen LogP contribution in [0, 0.1) is 0 Å². The second kappa shape index (κ2) is 6.49. The fraction of sp³-hybridized carbons (Fsp3) is 0.688. The Hall–Kier alpha value is -0.930. The molecular weight excluding hydrogens is 234 g/mol. The van der Waals surface area contributed by atoms with Crippen molar-refractivity contribution in [3.05, 3.63) is 30.1 Å². The summed E-state index contributed by atoms with van der Waals surface area (Å²) in [5, 5.41) is 3.79. The summed E-state index contributed by atoms with van der Waals surface area (Å²) in [5.74, 6) is 0. The van der Waals surface area contributed by atoms with Gasteiger partial charge in [-0.3, -0.25) is 9.88 Å². The van der Waals surface area contributed by atoms with Crippen molar-refractivity contribution in [2.75, 3.05) is 13.1 Å². The molecule has 1 aromatic rings. The van der Waals surface area contributed by atoms with Crippen LogP contribution in [0.3, 0.4) is 0 Å². The first-order chi connectivity index (χ1) is 9.19. The van der Waals surface area contributed by atoms with Gasteiger partial charge >= 0.3 is 0 Å². The van der Waals surface area contributed by atoms with Crippen LogP contribution in [0.5, 0.6) is 0 Å². The third-order valence-electron chi connectivity index (χ3n) is 4.68. The molecule has 1 aromatic heterocycles. The van der Waals surface area contributed by atoms with Gasteiger partial charge in [0.2, 0.25) is 0 Å². The summed E-state index contributed by atoms with van der Waals surface area (Å²) in [6, 6.07) is 4.90. The molecule has 0 bridgehead atoms. The first-order valence-corrected chi connectivity index (χ1v) is 7.57. The highest BCUT2D eigenvalue weighted by atomic mass is 15.2. The standard InChI is InChI=1S/C16H27N3/c1-4-16(5-2)13-19(14(3)6-11-18-16)12-15-7-9-17-10-8-15/h7-10,14,18H,4-6,11-13H2,1-3H3. The number of aromatic nitrogens is 1. The van der Waals surface area contributed by atoms with E-state index in [1.54, 1.807) is 0 Å². The average Bonchev–Trinajstić information content (AvgIpc) is 2.61. The van der Waals surface area contributed by atoms with Gasteiger partial charge in [-0.1, -0.05) is 13.8 Å². The first-order valence-electron chi connectivity index (χ1n) is 7.57. The Morgan fingerprint density at radius 2 is 2.00 bits per heavy atom. The topological polar surface area (TPSA) is 28.2 Å². The van der Waals surface area contributed by atoms with Crippen molar-refractivity contribution in [1.29, 1.82) is 0 Å². The summed E-state index contributed by atoms with van der Waals surface area (Å²) >= 11 is 0. The fourth-order valence-corrected chi connectivity index (χ4v) is 2.99. The van der Waals surface area contributed by atoms with Gasteiger partial charge in [0.25, 0.3) is 0 Å². The summed E-state index contributed by atoms with van der Waals surface area (Å²) in [4.78, 5) is 6.73. The summed E-state index contributed by atoms with van der Waals surface area (Å²) in [6.45, 7) is 10.3. The highest BCUT2D eigenvalue weighted by Crippen LogP contribution is 2.23. The van der Waals surface area contributed by atoms with E-state index in [1.165, 1.54) is 24.8 Å². The van der Waals surface area contributed by atoms with Gasteiger partial charge in [-0.05, 0) is 50.4 Å². The zero-order valence-corrected chi connectivity index (χ0v) is 12.5. The molecule has 0 aromatic carbocycles. The van der Waals surface area contributed by atoms with Crippen molar-refractivity contribution in [1.82, 2.24) is 15.2 Å². The molecule has 2 rings (SSSR count). The molecule has 1 atom stereocenters. The third-order valence-corrected chi connectivity index (χ3v) is 4.68. The lowest BCUT2D eigenvalue weighted by Gasteiger charge is -2.37. The Kier molecular flexibility index (Phi) is 4.94. The molecule has 0 amide bonds. The predicted molar refractivity (Wildman–Crippen MR) is 80.0 cm³/mol. The highest BCUT2D eigenvalue weighted by Gasteiger charge is 2.32. The van der Waals surface area contributed by atoms with E-state index in [4.69, 9.17) is 0 Å². The van der Waals surface area contributed by atoms with Crippen LogP contribution in [0.25, 0.3) is 0 Å². The molecule has 19 heavy (non-hydrogen) atoms. The molecule has 1 saturated heterocycles. The van der Waals surface area contributed by atoms with Crippen molar-refractivity contribution in [3.63, 3.8) is 0 Å². The zero-order valence-electron chi connectivity index (χ0n) is 12.5. The highest BCUT2D eigenvalue weighted by molar-refractivity contribution is 5.10. The van der Waals surface area contributed by atoms with Gasteiger partial charge < -0.3 is 5.32 Å². The molecule has 1 N–H and O–H groups in total. The van der Waals surface area contributed by atoms with Crippen LogP contribution >= 0.6 is 0 Å². The molecule has 1 aliphatic heterocycles. The van der Waals surface area contributed by atoms with Crippen LogP contribution in [0.15, 0.2) is 24.5 Å². The number of rotatable bonds is 4. The molecule has 3 nitrogen and oxygen atoms in total. The normalized spacial score (nSPS) is 24.1. The van der Waals surface area contributed by atoms with E-state index < -0.39 is 0 Å². The fourth-order valence-electron chi connectivity index (χ4n) is 2.99. The molecule has 2 heterocycles. The van der Waals surface area contributed by atoms with Crippen molar-refractivity contribution < 1.29 is 0 Å². The second-order valence-corrected chi connectivity index (χ2v) is 5.81. The maximum Gasteiger partial charge on any atom is 0.0303 e. The molecule has 1 aliphatic rings. The van der Waals surface area contributed by atoms with E-state index in [0.29, 0.717) is 6.04 Å². The number of nitrogens with one attached hydrogen (secondary N) is 1. The van der Waals surface area contributed by atoms with Crippen LogP contribution in [0.1, 0.15) is 45.6 Å². The second-order valence-electron chi connectivity index (χ2n) is 5.81. The van der Waals surface area contributed by atoms with Gasteiger partial charge in [-0.25, -0.2) is 0 Å². The molecule has 0 saturated carbocycles. The van der Waals surface area contributed by atoms with Gasteiger partial charge in [0.15, 0.2) is 0 Å². The summed E-state index contributed by atoms with van der Waals surface area (Å²) < 4.78 is 0. The predicted octanol–water partition coefficient (Wildman–Crippen LogP) is 2.82. The van der Waals surface area contributed by atoms with Crippen molar-refractivity contribution in [2.24, 2.45) is 0 Å². The molecule has 0 spiro atoms. The van der Waals surface area contributed by atoms with E-state index in [2.05, 4.69) is 48.1 Å². The quantitative estimate of drug-likeness (QED) is 0.903. The van der Waals surface area contributed by atoms with Gasteiger partial charge in [0, 0.05) is 37.1 Å². The van der Waals surface area contributed by atoms with Gasteiger partial charge in [-0.15, -0.1) is 0 Å².